The van der Waals surface area contributed by atoms with Gasteiger partial charge in [0.15, 0.2) is 5.76 Å². The van der Waals surface area contributed by atoms with Crippen LogP contribution < -0.4 is 0 Å². The van der Waals surface area contributed by atoms with Crippen LogP contribution in [0.2, 0.25) is 5.02 Å². The summed E-state index contributed by atoms with van der Waals surface area (Å²) in [5, 5.41) is 11.5. The van der Waals surface area contributed by atoms with Crippen LogP contribution in [0.3, 0.4) is 0 Å². The molecule has 1 heterocycles. The summed E-state index contributed by atoms with van der Waals surface area (Å²) < 4.78 is 0. The smallest absolute Gasteiger partial charge is 0.290 e. The van der Waals surface area contributed by atoms with Crippen molar-refractivity contribution in [1.29, 1.82) is 0 Å². The zero-order valence-corrected chi connectivity index (χ0v) is 18.4. The molecule has 0 aliphatic carbocycles. The number of hydrogen-bond donors (Lipinski definition) is 1. The predicted molar refractivity (Wildman–Crippen MR) is 124 cm³/mol. The van der Waals surface area contributed by atoms with Crippen molar-refractivity contribution in [2.45, 2.75) is 24.4 Å². The highest BCUT2D eigenvalue weighted by molar-refractivity contribution is 7.98. The minimum atomic E-state index is -0.391. The summed E-state index contributed by atoms with van der Waals surface area (Å²) in [6.07, 6.45) is 2.03. The zero-order valence-electron chi connectivity index (χ0n) is 16.8. The first kappa shape index (κ1) is 20.6. The first-order valence-electron chi connectivity index (χ1n) is 9.67. The number of aliphatic hydroxyl groups is 1. The lowest BCUT2D eigenvalue weighted by molar-refractivity contribution is -0.130. The number of thioether (sulfide) groups is 1. The van der Waals surface area contributed by atoms with Gasteiger partial charge in [0.2, 0.25) is 0 Å². The van der Waals surface area contributed by atoms with E-state index in [0.29, 0.717) is 17.1 Å². The van der Waals surface area contributed by atoms with Gasteiger partial charge in [0.25, 0.3) is 5.91 Å². The molecule has 1 aliphatic heterocycles. The molecule has 0 saturated heterocycles. The van der Waals surface area contributed by atoms with Crippen LogP contribution in [0.15, 0.2) is 83.5 Å². The summed E-state index contributed by atoms with van der Waals surface area (Å²) >= 11 is 7.77. The highest BCUT2D eigenvalue weighted by atomic mass is 35.5. The number of nitrogens with zero attached hydrogens (tertiary/aromatic N) is 1. The first-order chi connectivity index (χ1) is 14.5. The van der Waals surface area contributed by atoms with Gasteiger partial charge >= 0.3 is 0 Å². The lowest BCUT2D eigenvalue weighted by atomic mass is 9.93. The topological polar surface area (TPSA) is 40.5 Å². The number of amides is 1. The number of carbonyl (C=O) groups excluding carboxylic acids is 1. The monoisotopic (exact) mass is 435 g/mol. The number of carbonyl (C=O) groups is 1. The van der Waals surface area contributed by atoms with E-state index in [-0.39, 0.29) is 11.7 Å². The Bertz CT molecular complexity index is 1090. The van der Waals surface area contributed by atoms with E-state index >= 15 is 0 Å². The molecular weight excluding hydrogens is 414 g/mol. The number of hydrogen-bond acceptors (Lipinski definition) is 3. The van der Waals surface area contributed by atoms with Gasteiger partial charge in [-0.15, -0.1) is 11.8 Å². The summed E-state index contributed by atoms with van der Waals surface area (Å²) in [4.78, 5) is 16.0. The van der Waals surface area contributed by atoms with E-state index in [1.54, 1.807) is 16.7 Å². The van der Waals surface area contributed by atoms with E-state index in [1.165, 1.54) is 4.90 Å². The number of halogens is 1. The molecule has 4 rings (SSSR count). The lowest BCUT2D eigenvalue weighted by Crippen LogP contribution is -2.29. The average Bonchev–Trinajstić information content (AvgIpc) is 3.00. The Balaban J connectivity index is 1.77. The molecule has 0 fully saturated rings. The Labute approximate surface area is 186 Å². The molecule has 1 amide bonds. The van der Waals surface area contributed by atoms with Crippen molar-refractivity contribution in [3.63, 3.8) is 0 Å². The maximum Gasteiger partial charge on any atom is 0.290 e. The van der Waals surface area contributed by atoms with Crippen molar-refractivity contribution < 1.29 is 9.90 Å². The number of aryl methyl sites for hydroxylation is 1. The van der Waals surface area contributed by atoms with Crippen molar-refractivity contribution >= 4 is 34.8 Å². The Kier molecular flexibility index (Phi) is 5.89. The van der Waals surface area contributed by atoms with Crippen molar-refractivity contribution in [2.24, 2.45) is 0 Å². The van der Waals surface area contributed by atoms with Crippen LogP contribution in [0, 0.1) is 6.92 Å². The van der Waals surface area contributed by atoms with Gasteiger partial charge in [0.05, 0.1) is 6.04 Å². The van der Waals surface area contributed by atoms with E-state index in [4.69, 9.17) is 11.6 Å². The van der Waals surface area contributed by atoms with E-state index in [1.807, 2.05) is 86.0 Å². The molecule has 1 aliphatic rings. The molecule has 0 radical (unpaired) electrons. The summed E-state index contributed by atoms with van der Waals surface area (Å²) in [5.74, 6) is -0.556. The first-order valence-corrected chi connectivity index (χ1v) is 11.3. The minimum absolute atomic E-state index is 0.195. The third-order valence-corrected chi connectivity index (χ3v) is 6.36. The molecule has 0 saturated carbocycles. The maximum atomic E-state index is 13.1. The van der Waals surface area contributed by atoms with Crippen molar-refractivity contribution in [1.82, 2.24) is 4.90 Å². The standard InChI is InChI=1S/C25H22ClNO2S/c1-16-3-7-18(8-4-16)22-23(19-9-11-20(26)12-10-19)27(25(29)24(22)28)15-17-5-13-21(30-2)14-6-17/h3-14,23,28H,15H2,1-2H3. The van der Waals surface area contributed by atoms with Gasteiger partial charge in [-0.3, -0.25) is 4.79 Å². The Morgan fingerprint density at radius 1 is 0.967 bits per heavy atom. The zero-order chi connectivity index (χ0) is 21.3. The Morgan fingerprint density at radius 3 is 2.20 bits per heavy atom. The number of rotatable bonds is 5. The van der Waals surface area contributed by atoms with Crippen LogP contribution in [-0.4, -0.2) is 22.2 Å². The quantitative estimate of drug-likeness (QED) is 0.470. The predicted octanol–water partition coefficient (Wildman–Crippen LogP) is 6.42. The lowest BCUT2D eigenvalue weighted by Gasteiger charge is -2.27. The molecule has 3 aromatic rings. The third-order valence-electron chi connectivity index (χ3n) is 5.36. The van der Waals surface area contributed by atoms with E-state index in [2.05, 4.69) is 0 Å². The molecule has 1 N–H and O–H groups in total. The van der Waals surface area contributed by atoms with Crippen LogP contribution in [0.25, 0.3) is 5.57 Å². The van der Waals surface area contributed by atoms with Crippen LogP contribution in [0.4, 0.5) is 0 Å². The molecular formula is C25H22ClNO2S. The molecule has 1 atom stereocenters. The summed E-state index contributed by atoms with van der Waals surface area (Å²) in [6, 6.07) is 23.1. The Hall–Kier alpha value is -2.69. The molecule has 152 valence electrons. The molecule has 5 heteroatoms. The average molecular weight is 436 g/mol. The van der Waals surface area contributed by atoms with Gasteiger partial charge in [0, 0.05) is 22.0 Å². The Morgan fingerprint density at radius 2 is 1.60 bits per heavy atom. The molecule has 0 aromatic heterocycles. The van der Waals surface area contributed by atoms with E-state index in [9.17, 15) is 9.90 Å². The van der Waals surface area contributed by atoms with Crippen LogP contribution >= 0.6 is 23.4 Å². The van der Waals surface area contributed by atoms with E-state index in [0.717, 1.165) is 22.3 Å². The summed E-state index contributed by atoms with van der Waals surface area (Å²) in [6.45, 7) is 2.42. The highest BCUT2D eigenvalue weighted by Gasteiger charge is 2.40. The third kappa shape index (κ3) is 3.98. The molecule has 30 heavy (non-hydrogen) atoms. The van der Waals surface area contributed by atoms with E-state index < -0.39 is 6.04 Å². The van der Waals surface area contributed by atoms with Gasteiger partial charge in [0.1, 0.15) is 0 Å². The van der Waals surface area contributed by atoms with Gasteiger partial charge in [-0.1, -0.05) is 65.7 Å². The molecule has 3 nitrogen and oxygen atoms in total. The number of benzene rings is 3. The molecule has 3 aromatic carbocycles. The number of aliphatic hydroxyl groups excluding tert-OH is 1. The largest absolute Gasteiger partial charge is 0.503 e. The van der Waals surface area contributed by atoms with Crippen LogP contribution in [0.5, 0.6) is 0 Å². The highest BCUT2D eigenvalue weighted by Crippen LogP contribution is 2.44. The van der Waals surface area contributed by atoms with Gasteiger partial charge < -0.3 is 10.0 Å². The fourth-order valence-electron chi connectivity index (χ4n) is 3.76. The van der Waals surface area contributed by atoms with Gasteiger partial charge in [-0.2, -0.15) is 0 Å². The van der Waals surface area contributed by atoms with Gasteiger partial charge in [-0.25, -0.2) is 0 Å². The van der Waals surface area contributed by atoms with Crippen LogP contribution in [-0.2, 0) is 11.3 Å². The van der Waals surface area contributed by atoms with Gasteiger partial charge in [-0.05, 0) is 54.1 Å². The second-order valence-electron chi connectivity index (χ2n) is 7.36. The maximum absolute atomic E-state index is 13.1. The van der Waals surface area contributed by atoms with Crippen molar-refractivity contribution in [3.8, 4) is 0 Å². The second-order valence-corrected chi connectivity index (χ2v) is 8.68. The normalized spacial score (nSPS) is 16.4. The fourth-order valence-corrected chi connectivity index (χ4v) is 4.30. The summed E-state index contributed by atoms with van der Waals surface area (Å²) in [7, 11) is 0. The SMILES string of the molecule is CSc1ccc(CN2C(=O)C(O)=C(c3ccc(C)cc3)C2c2ccc(Cl)cc2)cc1. The molecule has 0 spiro atoms. The van der Waals surface area contributed by atoms with Crippen LogP contribution in [0.1, 0.15) is 28.3 Å². The molecule has 0 bridgehead atoms. The second kappa shape index (κ2) is 8.58. The molecule has 1 unspecified atom stereocenters. The minimum Gasteiger partial charge on any atom is -0.503 e. The fraction of sp³-hybridized carbons (Fsp3) is 0.160. The van der Waals surface area contributed by atoms with Crippen molar-refractivity contribution in [3.05, 3.63) is 106 Å². The van der Waals surface area contributed by atoms with Crippen molar-refractivity contribution in [2.75, 3.05) is 6.26 Å². The summed E-state index contributed by atoms with van der Waals surface area (Å²) in [5.41, 5.74) is 4.51.